The lowest BCUT2D eigenvalue weighted by Crippen LogP contribution is -1.84. The molecule has 0 spiro atoms. The predicted octanol–water partition coefficient (Wildman–Crippen LogP) is 11.7. The van der Waals surface area contributed by atoms with Crippen molar-refractivity contribution >= 4 is 11.8 Å². The monoisotopic (exact) mass is 439 g/mol. The highest BCUT2D eigenvalue weighted by Crippen LogP contribution is 2.16. The van der Waals surface area contributed by atoms with Gasteiger partial charge in [0.05, 0.1) is 0 Å². The van der Waals surface area contributed by atoms with E-state index in [0.29, 0.717) is 0 Å². The molecule has 30 heavy (non-hydrogen) atoms. The van der Waals surface area contributed by atoms with Gasteiger partial charge in [-0.2, -0.15) is 11.8 Å². The predicted molar refractivity (Wildman–Crippen MR) is 144 cm³/mol. The first-order valence-corrected chi connectivity index (χ1v) is 15.5. The lowest BCUT2D eigenvalue weighted by Gasteiger charge is -2.04. The van der Waals surface area contributed by atoms with Gasteiger partial charge in [-0.15, -0.1) is 0 Å². The lowest BCUT2D eigenvalue weighted by atomic mass is 10.0. The normalized spacial score (nSPS) is 11.4. The molecule has 1 heteroatoms. The molecule has 0 amide bonds. The molecule has 181 valence electrons. The van der Waals surface area contributed by atoms with E-state index in [4.69, 9.17) is 0 Å². The molecule has 1 radical (unpaired) electrons. The number of thioether (sulfide) groups is 1. The maximum Gasteiger partial charge on any atom is 0.0163 e. The highest BCUT2D eigenvalue weighted by atomic mass is 32.2. The Morgan fingerprint density at radius 1 is 0.367 bits per heavy atom. The van der Waals surface area contributed by atoms with Crippen molar-refractivity contribution in [3.05, 3.63) is 5.75 Å². The summed E-state index contributed by atoms with van der Waals surface area (Å²) < 4.78 is 0. The Hall–Kier alpha value is 0.350. The van der Waals surface area contributed by atoms with Gasteiger partial charge in [-0.1, -0.05) is 167 Å². The third kappa shape index (κ3) is 28.4. The topological polar surface area (TPSA) is 0 Å². The summed E-state index contributed by atoms with van der Waals surface area (Å²) in [5.74, 6) is 2.35. The van der Waals surface area contributed by atoms with Gasteiger partial charge in [0.15, 0.2) is 0 Å². The molecule has 0 aromatic carbocycles. The molecule has 0 fully saturated rings. The van der Waals surface area contributed by atoms with E-state index in [0.717, 1.165) is 0 Å². The van der Waals surface area contributed by atoms with Crippen molar-refractivity contribution in [2.24, 2.45) is 0 Å². The molecule has 0 saturated heterocycles. The minimum atomic E-state index is 1.31. The van der Waals surface area contributed by atoms with Gasteiger partial charge >= 0.3 is 0 Å². The van der Waals surface area contributed by atoms with E-state index in [9.17, 15) is 0 Å². The molecule has 0 nitrogen and oxygen atoms in total. The fraction of sp³-hybridized carbons (Fsp3) is 0.966. The van der Waals surface area contributed by atoms with Crippen LogP contribution in [0.25, 0.3) is 0 Å². The van der Waals surface area contributed by atoms with Crippen molar-refractivity contribution in [3.8, 4) is 0 Å². The molecular weight excluding hydrogens is 380 g/mol. The first-order valence-electron chi connectivity index (χ1n) is 14.3. The first kappa shape index (κ1) is 30.4. The Morgan fingerprint density at radius 3 is 0.833 bits per heavy atom. The van der Waals surface area contributed by atoms with Crippen LogP contribution in [-0.2, 0) is 0 Å². The van der Waals surface area contributed by atoms with Gasteiger partial charge in [0.2, 0.25) is 0 Å². The van der Waals surface area contributed by atoms with Crippen LogP contribution < -0.4 is 0 Å². The zero-order valence-corrected chi connectivity index (χ0v) is 22.2. The fourth-order valence-electron chi connectivity index (χ4n) is 4.48. The molecule has 0 N–H and O–H groups in total. The number of hydrogen-bond acceptors (Lipinski definition) is 1. The minimum Gasteiger partial charge on any atom is -0.161 e. The van der Waals surface area contributed by atoms with Gasteiger partial charge in [0.25, 0.3) is 0 Å². The largest absolute Gasteiger partial charge is 0.161 e. The zero-order chi connectivity index (χ0) is 21.8. The Labute approximate surface area is 197 Å². The van der Waals surface area contributed by atoms with Gasteiger partial charge in [0.1, 0.15) is 0 Å². The van der Waals surface area contributed by atoms with Crippen molar-refractivity contribution in [2.45, 2.75) is 174 Å². The number of unbranched alkanes of at least 4 members (excludes halogenated alkanes) is 25. The molecule has 0 heterocycles. The summed E-state index contributed by atoms with van der Waals surface area (Å²) in [5, 5.41) is 0. The van der Waals surface area contributed by atoms with E-state index in [1.54, 1.807) is 0 Å². The number of hydrogen-bond donors (Lipinski definition) is 0. The smallest absolute Gasteiger partial charge is 0.0163 e. The van der Waals surface area contributed by atoms with Crippen molar-refractivity contribution < 1.29 is 0 Å². The fourth-order valence-corrected chi connectivity index (χ4v) is 4.89. The second-order valence-electron chi connectivity index (χ2n) is 9.68. The molecule has 0 unspecified atom stereocenters. The Kier molecular flexibility index (Phi) is 29.7. The van der Waals surface area contributed by atoms with Gasteiger partial charge in [-0.05, 0) is 12.7 Å². The Bertz CT molecular complexity index is 248. The van der Waals surface area contributed by atoms with Gasteiger partial charge < -0.3 is 0 Å². The highest BCUT2D eigenvalue weighted by molar-refractivity contribution is 8.00. The summed E-state index contributed by atoms with van der Waals surface area (Å²) in [6, 6.07) is 0. The van der Waals surface area contributed by atoms with E-state index in [-0.39, 0.29) is 0 Å². The maximum absolute atomic E-state index is 2.35. The lowest BCUT2D eigenvalue weighted by molar-refractivity contribution is 0.516. The SMILES string of the molecule is CCCCCCCCCCCCCCCCCCCCCCCCCCC[CH]SC. The minimum absolute atomic E-state index is 1.31. The summed E-state index contributed by atoms with van der Waals surface area (Å²) in [6.07, 6.45) is 40.3. The number of rotatable bonds is 27. The van der Waals surface area contributed by atoms with Crippen molar-refractivity contribution in [1.82, 2.24) is 0 Å². The van der Waals surface area contributed by atoms with E-state index < -0.39 is 0 Å². The highest BCUT2D eigenvalue weighted by Gasteiger charge is 1.96. The summed E-state index contributed by atoms with van der Waals surface area (Å²) in [6.45, 7) is 2.30. The quantitative estimate of drug-likeness (QED) is 0.115. The van der Waals surface area contributed by atoms with Crippen LogP contribution in [0.2, 0.25) is 0 Å². The van der Waals surface area contributed by atoms with E-state index in [1.165, 1.54) is 167 Å². The van der Waals surface area contributed by atoms with Crippen LogP contribution in [0, 0.1) is 5.75 Å². The molecule has 0 saturated carbocycles. The van der Waals surface area contributed by atoms with Gasteiger partial charge in [-0.3, -0.25) is 0 Å². The molecule has 0 aliphatic rings. The van der Waals surface area contributed by atoms with Crippen LogP contribution in [0.5, 0.6) is 0 Å². The molecule has 0 bridgehead atoms. The van der Waals surface area contributed by atoms with E-state index in [1.807, 2.05) is 11.8 Å². The van der Waals surface area contributed by atoms with Crippen LogP contribution in [0.1, 0.15) is 174 Å². The van der Waals surface area contributed by atoms with Crippen LogP contribution >= 0.6 is 11.8 Å². The van der Waals surface area contributed by atoms with Gasteiger partial charge in [0, 0.05) is 5.75 Å². The van der Waals surface area contributed by atoms with Gasteiger partial charge in [-0.25, -0.2) is 0 Å². The third-order valence-electron chi connectivity index (χ3n) is 6.59. The van der Waals surface area contributed by atoms with Crippen LogP contribution in [-0.4, -0.2) is 6.26 Å². The first-order chi connectivity index (χ1) is 14.9. The molecular formula is C29H59S. The molecule has 0 aromatic heterocycles. The van der Waals surface area contributed by atoms with Crippen molar-refractivity contribution in [2.75, 3.05) is 6.26 Å². The average Bonchev–Trinajstić information content (AvgIpc) is 2.76. The second kappa shape index (κ2) is 29.4. The molecule has 0 rings (SSSR count). The summed E-state index contributed by atoms with van der Waals surface area (Å²) in [7, 11) is 0. The molecule has 0 aliphatic carbocycles. The Balaban J connectivity index is 2.97. The average molecular weight is 440 g/mol. The van der Waals surface area contributed by atoms with Crippen LogP contribution in [0.3, 0.4) is 0 Å². The van der Waals surface area contributed by atoms with E-state index in [2.05, 4.69) is 18.9 Å². The summed E-state index contributed by atoms with van der Waals surface area (Å²) in [4.78, 5) is 0. The zero-order valence-electron chi connectivity index (χ0n) is 21.4. The van der Waals surface area contributed by atoms with Crippen LogP contribution in [0.4, 0.5) is 0 Å². The standard InChI is InChI=1S/C29H59S/c1-3-4-5-6-7-8-9-10-11-12-13-14-15-16-17-18-19-20-21-22-23-24-25-26-27-28-29-30-2/h29H,3-28H2,1-2H3. The summed E-state index contributed by atoms with van der Waals surface area (Å²) >= 11 is 1.87. The third-order valence-corrected chi connectivity index (χ3v) is 7.16. The van der Waals surface area contributed by atoms with Crippen molar-refractivity contribution in [3.63, 3.8) is 0 Å². The molecule has 0 aromatic rings. The Morgan fingerprint density at radius 2 is 0.600 bits per heavy atom. The van der Waals surface area contributed by atoms with Crippen LogP contribution in [0.15, 0.2) is 0 Å². The van der Waals surface area contributed by atoms with E-state index >= 15 is 0 Å². The maximum atomic E-state index is 2.35. The summed E-state index contributed by atoms with van der Waals surface area (Å²) in [5.41, 5.74) is 0. The molecule has 0 atom stereocenters. The second-order valence-corrected chi connectivity index (χ2v) is 10.5. The molecule has 0 aliphatic heterocycles. The van der Waals surface area contributed by atoms with Crippen molar-refractivity contribution in [1.29, 1.82) is 0 Å².